The van der Waals surface area contributed by atoms with Crippen LogP contribution in [0.2, 0.25) is 0 Å². The van der Waals surface area contributed by atoms with Crippen molar-refractivity contribution in [3.8, 4) is 5.75 Å². The first-order chi connectivity index (χ1) is 9.70. The molecule has 0 saturated heterocycles. The predicted molar refractivity (Wildman–Crippen MR) is 80.5 cm³/mol. The van der Waals surface area contributed by atoms with E-state index in [1.54, 1.807) is 11.8 Å². The molecule has 1 N–H and O–H groups in total. The summed E-state index contributed by atoms with van der Waals surface area (Å²) in [5.74, 6) is 1.46. The molecule has 0 unspecified atom stereocenters. The van der Waals surface area contributed by atoms with Crippen LogP contribution in [0.25, 0.3) is 0 Å². The minimum absolute atomic E-state index is 0.368. The largest absolute Gasteiger partial charge is 0.496 e. The Morgan fingerprint density at radius 1 is 1.20 bits per heavy atom. The van der Waals surface area contributed by atoms with Crippen LogP contribution in [-0.2, 0) is 5.75 Å². The van der Waals surface area contributed by atoms with Gasteiger partial charge in [-0.2, -0.15) is 11.8 Å². The molecule has 0 fully saturated rings. The van der Waals surface area contributed by atoms with Crippen molar-refractivity contribution in [1.82, 2.24) is 0 Å². The first kappa shape index (κ1) is 14.9. The third kappa shape index (κ3) is 3.99. The molecule has 0 aliphatic rings. The number of aliphatic hydroxyl groups is 1. The van der Waals surface area contributed by atoms with Crippen molar-refractivity contribution >= 4 is 11.8 Å². The van der Waals surface area contributed by atoms with Gasteiger partial charge in [-0.05, 0) is 23.8 Å². The van der Waals surface area contributed by atoms with E-state index in [1.807, 2.05) is 30.3 Å². The van der Waals surface area contributed by atoms with Crippen LogP contribution >= 0.6 is 11.8 Å². The fraction of sp³-hybridized carbons (Fsp3) is 0.250. The average Bonchev–Trinajstić information content (AvgIpc) is 2.48. The highest BCUT2D eigenvalue weighted by atomic mass is 32.2. The Bertz CT molecular complexity index is 545. The molecule has 0 aromatic heterocycles. The maximum absolute atomic E-state index is 13.3. The van der Waals surface area contributed by atoms with Crippen LogP contribution in [0, 0.1) is 5.82 Å². The number of halogens is 1. The summed E-state index contributed by atoms with van der Waals surface area (Å²) in [4.78, 5) is 0. The van der Waals surface area contributed by atoms with Crippen LogP contribution in [0.5, 0.6) is 5.75 Å². The van der Waals surface area contributed by atoms with E-state index in [9.17, 15) is 9.50 Å². The number of methoxy groups -OCH3 is 1. The molecule has 2 rings (SSSR count). The Kier molecular flexibility index (Phi) is 5.44. The van der Waals surface area contributed by atoms with Crippen molar-refractivity contribution in [2.24, 2.45) is 0 Å². The lowest BCUT2D eigenvalue weighted by Crippen LogP contribution is -2.04. The molecule has 4 heteroatoms. The number of thioether (sulfide) groups is 1. The summed E-state index contributed by atoms with van der Waals surface area (Å²) in [6.07, 6.45) is -0.741. The molecule has 0 spiro atoms. The summed E-state index contributed by atoms with van der Waals surface area (Å²) >= 11 is 1.61. The third-order valence-corrected chi connectivity index (χ3v) is 4.03. The molecule has 2 nitrogen and oxygen atoms in total. The maximum Gasteiger partial charge on any atom is 0.124 e. The van der Waals surface area contributed by atoms with Crippen molar-refractivity contribution in [2.45, 2.75) is 11.9 Å². The molecule has 2 aromatic carbocycles. The van der Waals surface area contributed by atoms with Gasteiger partial charge in [0.25, 0.3) is 0 Å². The van der Waals surface area contributed by atoms with Gasteiger partial charge < -0.3 is 9.84 Å². The fourth-order valence-electron chi connectivity index (χ4n) is 1.92. The highest BCUT2D eigenvalue weighted by Gasteiger charge is 2.14. The maximum atomic E-state index is 13.3. The Labute approximate surface area is 122 Å². The van der Waals surface area contributed by atoms with Crippen molar-refractivity contribution in [3.05, 3.63) is 65.5 Å². The SMILES string of the molecule is COc1ccc(F)cc1[C@H](O)CSCc1ccccc1. The van der Waals surface area contributed by atoms with Crippen LogP contribution in [0.4, 0.5) is 4.39 Å². The van der Waals surface area contributed by atoms with E-state index in [-0.39, 0.29) is 5.82 Å². The second kappa shape index (κ2) is 7.31. The summed E-state index contributed by atoms with van der Waals surface area (Å²) in [5.41, 5.74) is 1.70. The smallest absolute Gasteiger partial charge is 0.124 e. The standard InChI is InChI=1S/C16H17FO2S/c1-19-16-8-7-13(17)9-14(16)15(18)11-20-10-12-5-3-2-4-6-12/h2-9,15,18H,10-11H2,1H3/t15-/m1/s1. The monoisotopic (exact) mass is 292 g/mol. The van der Waals surface area contributed by atoms with Crippen molar-refractivity contribution < 1.29 is 14.2 Å². The van der Waals surface area contributed by atoms with Crippen LogP contribution in [0.3, 0.4) is 0 Å². The molecule has 106 valence electrons. The minimum atomic E-state index is -0.741. The molecule has 2 aromatic rings. The Morgan fingerprint density at radius 3 is 2.65 bits per heavy atom. The molecule has 0 saturated carbocycles. The molecule has 0 amide bonds. The number of ether oxygens (including phenoxy) is 1. The quantitative estimate of drug-likeness (QED) is 0.878. The molecule has 20 heavy (non-hydrogen) atoms. The van der Waals surface area contributed by atoms with E-state index in [4.69, 9.17) is 4.74 Å². The number of hydrogen-bond acceptors (Lipinski definition) is 3. The minimum Gasteiger partial charge on any atom is -0.496 e. The lowest BCUT2D eigenvalue weighted by Gasteiger charge is -2.14. The van der Waals surface area contributed by atoms with Crippen LogP contribution in [-0.4, -0.2) is 18.0 Å². The summed E-state index contributed by atoms with van der Waals surface area (Å²) in [7, 11) is 1.51. The van der Waals surface area contributed by atoms with E-state index in [1.165, 1.54) is 30.9 Å². The summed E-state index contributed by atoms with van der Waals surface area (Å²) < 4.78 is 18.4. The molecule has 0 radical (unpaired) electrons. The second-order valence-corrected chi connectivity index (χ2v) is 5.43. The van der Waals surface area contributed by atoms with Crippen LogP contribution < -0.4 is 4.74 Å². The number of aliphatic hydroxyl groups excluding tert-OH is 1. The van der Waals surface area contributed by atoms with E-state index in [0.29, 0.717) is 17.1 Å². The fourth-order valence-corrected chi connectivity index (χ4v) is 2.87. The van der Waals surface area contributed by atoms with E-state index in [0.717, 1.165) is 5.75 Å². The molecule has 0 bridgehead atoms. The van der Waals surface area contributed by atoms with Gasteiger partial charge in [-0.25, -0.2) is 4.39 Å². The Hall–Kier alpha value is -1.52. The average molecular weight is 292 g/mol. The molecule has 1 atom stereocenters. The third-order valence-electron chi connectivity index (χ3n) is 2.94. The highest BCUT2D eigenvalue weighted by molar-refractivity contribution is 7.98. The van der Waals surface area contributed by atoms with Crippen molar-refractivity contribution in [2.75, 3.05) is 12.9 Å². The van der Waals surface area contributed by atoms with Gasteiger partial charge in [0.1, 0.15) is 11.6 Å². The first-order valence-corrected chi connectivity index (χ1v) is 7.49. The zero-order valence-corrected chi connectivity index (χ0v) is 12.1. The number of hydrogen-bond donors (Lipinski definition) is 1. The normalized spacial score (nSPS) is 12.2. The summed E-state index contributed by atoms with van der Waals surface area (Å²) in [6, 6.07) is 14.2. The highest BCUT2D eigenvalue weighted by Crippen LogP contribution is 2.29. The molecule has 0 aliphatic heterocycles. The summed E-state index contributed by atoms with van der Waals surface area (Å²) in [6.45, 7) is 0. The van der Waals surface area contributed by atoms with Crippen molar-refractivity contribution in [1.29, 1.82) is 0 Å². The number of rotatable bonds is 6. The molecule has 0 aliphatic carbocycles. The van der Waals surface area contributed by atoms with Gasteiger partial charge in [-0.3, -0.25) is 0 Å². The van der Waals surface area contributed by atoms with E-state index in [2.05, 4.69) is 0 Å². The molecule has 0 heterocycles. The molecular formula is C16H17FO2S. The lowest BCUT2D eigenvalue weighted by atomic mass is 10.1. The lowest BCUT2D eigenvalue weighted by molar-refractivity contribution is 0.198. The first-order valence-electron chi connectivity index (χ1n) is 6.34. The topological polar surface area (TPSA) is 29.5 Å². The van der Waals surface area contributed by atoms with Gasteiger partial charge in [0.05, 0.1) is 13.2 Å². The second-order valence-electron chi connectivity index (χ2n) is 4.40. The van der Waals surface area contributed by atoms with E-state index >= 15 is 0 Å². The summed E-state index contributed by atoms with van der Waals surface area (Å²) in [5, 5.41) is 10.2. The van der Waals surface area contributed by atoms with Crippen LogP contribution in [0.1, 0.15) is 17.2 Å². The van der Waals surface area contributed by atoms with Gasteiger partial charge in [0.15, 0.2) is 0 Å². The molecular weight excluding hydrogens is 275 g/mol. The number of benzene rings is 2. The van der Waals surface area contributed by atoms with E-state index < -0.39 is 6.10 Å². The van der Waals surface area contributed by atoms with Gasteiger partial charge in [-0.15, -0.1) is 0 Å². The van der Waals surface area contributed by atoms with Gasteiger partial charge >= 0.3 is 0 Å². The van der Waals surface area contributed by atoms with Gasteiger partial charge in [-0.1, -0.05) is 30.3 Å². The zero-order valence-electron chi connectivity index (χ0n) is 11.3. The van der Waals surface area contributed by atoms with Gasteiger partial charge in [0, 0.05) is 17.1 Å². The van der Waals surface area contributed by atoms with Crippen molar-refractivity contribution in [3.63, 3.8) is 0 Å². The Balaban J connectivity index is 1.95. The zero-order chi connectivity index (χ0) is 14.4. The van der Waals surface area contributed by atoms with Crippen LogP contribution in [0.15, 0.2) is 48.5 Å². The van der Waals surface area contributed by atoms with Gasteiger partial charge in [0.2, 0.25) is 0 Å². The predicted octanol–water partition coefficient (Wildman–Crippen LogP) is 3.80. The Morgan fingerprint density at radius 2 is 1.95 bits per heavy atom.